The summed E-state index contributed by atoms with van der Waals surface area (Å²) in [5.74, 6) is -5.68. The van der Waals surface area contributed by atoms with Gasteiger partial charge in [-0.2, -0.15) is 0 Å². The zero-order valence-corrected chi connectivity index (χ0v) is 38.7. The Balaban J connectivity index is 1.46. The van der Waals surface area contributed by atoms with Gasteiger partial charge < -0.3 is 54.4 Å². The van der Waals surface area contributed by atoms with E-state index >= 15 is 0 Å². The smallest absolute Gasteiger partial charge is 0.307 e. The average molecular weight is 899 g/mol. The largest absolute Gasteiger partial charge is 0.507 e. The lowest BCUT2D eigenvalue weighted by Crippen LogP contribution is -2.47. The Labute approximate surface area is 377 Å². The first kappa shape index (κ1) is 47.4. The van der Waals surface area contributed by atoms with E-state index in [-0.39, 0.29) is 60.8 Å². The van der Waals surface area contributed by atoms with Crippen molar-refractivity contribution in [3.8, 4) is 11.5 Å². The molecule has 0 saturated carbocycles. The SMILES string of the molecule is CO[C@H]1/C=C\O[C@@]2(C)Oc3c(C)c(O)c4c(=O)c(c5oc6cc(N7CCN(CC(C)C)CC7)cc(=O)c6nc5c4c3=C2O)NC(=O)/C(C)=C/C=C/[C@H](C)[C@H](O)[C@H](C)[C@@H](O)[C@H](C)[C@H](O)[C@@H]1C. The van der Waals surface area contributed by atoms with Crippen molar-refractivity contribution < 1.29 is 49.0 Å². The second-order valence-electron chi connectivity index (χ2n) is 18.6. The molecule has 1 amide bonds. The number of carbonyl (C=O) groups excluding carboxylic acids is 1. The number of fused-ring (bicyclic) bond motifs is 2. The number of rotatable bonds is 4. The Bertz CT molecular complexity index is 2780. The molecular formula is C49H62N4O12. The summed E-state index contributed by atoms with van der Waals surface area (Å²) < 4.78 is 24.5. The predicted octanol–water partition coefficient (Wildman–Crippen LogP) is 4.77. The van der Waals surface area contributed by atoms with Gasteiger partial charge in [-0.15, -0.1) is 0 Å². The fourth-order valence-corrected chi connectivity index (χ4v) is 9.37. The number of aromatic hydroxyl groups is 1. The molecule has 65 heavy (non-hydrogen) atoms. The van der Waals surface area contributed by atoms with Gasteiger partial charge in [0.1, 0.15) is 22.7 Å². The first-order valence-corrected chi connectivity index (χ1v) is 22.3. The molecule has 1 saturated heterocycles. The molecule has 1 fully saturated rings. The van der Waals surface area contributed by atoms with Gasteiger partial charge in [0.25, 0.3) is 5.91 Å². The molecule has 3 aromatic carbocycles. The monoisotopic (exact) mass is 898 g/mol. The predicted molar refractivity (Wildman–Crippen MR) is 249 cm³/mol. The number of aromatic nitrogens is 1. The first-order chi connectivity index (χ1) is 30.7. The highest BCUT2D eigenvalue weighted by Crippen LogP contribution is 2.42. The summed E-state index contributed by atoms with van der Waals surface area (Å²) in [6.45, 7) is 19.5. The number of hydrogen-bond acceptors (Lipinski definition) is 15. The van der Waals surface area contributed by atoms with E-state index in [0.29, 0.717) is 24.7 Å². The number of aliphatic hydroxyl groups is 4. The van der Waals surface area contributed by atoms with Crippen LogP contribution in [0.3, 0.4) is 0 Å². The minimum Gasteiger partial charge on any atom is -0.507 e. The van der Waals surface area contributed by atoms with E-state index in [2.05, 4.69) is 29.0 Å². The number of allylic oxidation sites excluding steroid dienone is 2. The molecule has 0 spiro atoms. The average Bonchev–Trinajstić information content (AvgIpc) is 3.54. The number of piperazine rings is 1. The summed E-state index contributed by atoms with van der Waals surface area (Å²) in [5, 5.41) is 60.2. The number of ether oxygens (including phenoxy) is 3. The van der Waals surface area contributed by atoms with E-state index in [4.69, 9.17) is 23.6 Å². The van der Waals surface area contributed by atoms with Crippen LogP contribution < -0.4 is 31.0 Å². The van der Waals surface area contributed by atoms with Gasteiger partial charge in [0, 0.05) is 105 Å². The van der Waals surface area contributed by atoms with Gasteiger partial charge in [-0.25, -0.2) is 4.98 Å². The number of amides is 1. The molecule has 6 N–H and O–H groups in total. The molecule has 1 aromatic heterocycles. The van der Waals surface area contributed by atoms with Crippen LogP contribution >= 0.6 is 0 Å². The molecule has 350 valence electrons. The van der Waals surface area contributed by atoms with Crippen LogP contribution in [0.4, 0.5) is 11.4 Å². The van der Waals surface area contributed by atoms with Crippen molar-refractivity contribution >= 4 is 56.0 Å². The van der Waals surface area contributed by atoms with Crippen LogP contribution in [0.1, 0.15) is 61.0 Å². The molecule has 9 atom stereocenters. The number of aliphatic hydroxyl groups excluding tert-OH is 4. The van der Waals surface area contributed by atoms with Crippen molar-refractivity contribution in [3.05, 3.63) is 79.5 Å². The molecule has 16 heteroatoms. The van der Waals surface area contributed by atoms with Crippen molar-refractivity contribution in [1.29, 1.82) is 0 Å². The van der Waals surface area contributed by atoms with E-state index < -0.39 is 82.1 Å². The Hall–Kier alpha value is -5.52. The maximum Gasteiger partial charge on any atom is 0.307 e. The quantitative estimate of drug-likeness (QED) is 0.120. The van der Waals surface area contributed by atoms with Crippen LogP contribution in [-0.2, 0) is 14.3 Å². The van der Waals surface area contributed by atoms with Crippen LogP contribution in [0, 0.1) is 36.5 Å². The zero-order valence-electron chi connectivity index (χ0n) is 38.7. The molecule has 3 aliphatic rings. The van der Waals surface area contributed by atoms with Gasteiger partial charge in [0.05, 0.1) is 41.3 Å². The fourth-order valence-electron chi connectivity index (χ4n) is 9.37. The summed E-state index contributed by atoms with van der Waals surface area (Å²) >= 11 is 0. The molecular weight excluding hydrogens is 837 g/mol. The van der Waals surface area contributed by atoms with Gasteiger partial charge in [0.15, 0.2) is 22.4 Å². The highest BCUT2D eigenvalue weighted by Gasteiger charge is 2.44. The third-order valence-electron chi connectivity index (χ3n) is 13.5. The minimum atomic E-state index is -1.95. The Morgan fingerprint density at radius 3 is 2.23 bits per heavy atom. The number of nitrogens with zero attached hydrogens (tertiary/aromatic N) is 3. The fraction of sp³-hybridized carbons (Fsp3) is 0.510. The van der Waals surface area contributed by atoms with Crippen molar-refractivity contribution in [3.63, 3.8) is 0 Å². The molecule has 3 aliphatic heterocycles. The normalized spacial score (nSPS) is 30.4. The molecule has 4 aromatic rings. The molecule has 4 bridgehead atoms. The second kappa shape index (κ2) is 18.4. The Kier molecular flexibility index (Phi) is 13.4. The Morgan fingerprint density at radius 2 is 1.57 bits per heavy atom. The molecule has 0 radical (unpaired) electrons. The van der Waals surface area contributed by atoms with Crippen molar-refractivity contribution in [2.75, 3.05) is 50.1 Å². The lowest BCUT2D eigenvalue weighted by Gasteiger charge is -2.36. The van der Waals surface area contributed by atoms with Crippen molar-refractivity contribution in [1.82, 2.24) is 9.88 Å². The second-order valence-corrected chi connectivity index (χ2v) is 18.6. The van der Waals surface area contributed by atoms with Crippen molar-refractivity contribution in [2.45, 2.75) is 92.5 Å². The highest BCUT2D eigenvalue weighted by molar-refractivity contribution is 6.16. The van der Waals surface area contributed by atoms with E-state index in [0.717, 1.165) is 19.6 Å². The van der Waals surface area contributed by atoms with Gasteiger partial charge in [-0.3, -0.25) is 19.3 Å². The van der Waals surface area contributed by atoms with Crippen LogP contribution in [0.25, 0.3) is 38.7 Å². The van der Waals surface area contributed by atoms with Gasteiger partial charge in [0.2, 0.25) is 10.9 Å². The highest BCUT2D eigenvalue weighted by atomic mass is 16.7. The number of benzene rings is 3. The first-order valence-electron chi connectivity index (χ1n) is 22.3. The third kappa shape index (κ3) is 8.69. The topological polar surface area (TPSA) is 225 Å². The Morgan fingerprint density at radius 1 is 0.908 bits per heavy atom. The number of methoxy groups -OCH3 is 1. The number of anilines is 2. The summed E-state index contributed by atoms with van der Waals surface area (Å²) in [6.07, 6.45) is 3.50. The molecule has 0 aliphatic carbocycles. The summed E-state index contributed by atoms with van der Waals surface area (Å²) in [4.78, 5) is 52.1. The number of nitrogens with one attached hydrogen (secondary N) is 1. The van der Waals surface area contributed by atoms with Crippen LogP contribution in [0.2, 0.25) is 0 Å². The van der Waals surface area contributed by atoms with Gasteiger partial charge in [-0.1, -0.05) is 59.8 Å². The van der Waals surface area contributed by atoms with E-state index in [1.807, 2.05) is 0 Å². The zero-order chi connectivity index (χ0) is 47.4. The lowest BCUT2D eigenvalue weighted by atomic mass is 9.78. The van der Waals surface area contributed by atoms with Gasteiger partial charge in [-0.05, 0) is 25.8 Å². The number of phenols is 1. The van der Waals surface area contributed by atoms with Crippen molar-refractivity contribution in [2.24, 2.45) is 29.6 Å². The summed E-state index contributed by atoms with van der Waals surface area (Å²) in [5.41, 5.74) is -1.25. The standard InChI is InChI=1S/C49H62N4O12/c1-23(2)22-52-15-17-53(18-16-52)30-20-31(54)37-33(21-30)64-46-38(50-37)34-35-43(58)29(8)45-36(34)47(60)49(9,65-45)63-19-14-32(62-10)26(5)41(56)28(7)42(57)27(6)40(55)24(3)12-11-13-25(4)48(61)51-39(46)44(35)59/h11-14,19-21,23-24,26-28,32,40-42,55-58,60H,15-18,22H2,1-10H3,(H,51,61)/b12-11+,19-14-,25-13+/t24-,26+,27-,28+,32-,40-,41+,42+,49-/m0/s1. The third-order valence-corrected chi connectivity index (χ3v) is 13.5. The van der Waals surface area contributed by atoms with E-state index in [1.165, 1.54) is 52.4 Å². The van der Waals surface area contributed by atoms with Crippen LogP contribution in [0.15, 0.2) is 62.3 Å². The van der Waals surface area contributed by atoms with Crippen LogP contribution in [-0.4, -0.2) is 111 Å². The summed E-state index contributed by atoms with van der Waals surface area (Å²) in [6, 6.07) is 3.17. The van der Waals surface area contributed by atoms with E-state index in [1.54, 1.807) is 45.9 Å². The number of hydrogen-bond donors (Lipinski definition) is 6. The van der Waals surface area contributed by atoms with E-state index in [9.17, 15) is 39.9 Å². The maximum absolute atomic E-state index is 14.8. The minimum absolute atomic E-state index is 0.0337. The lowest BCUT2D eigenvalue weighted by molar-refractivity contribution is -0.112. The number of phenolic OH excluding ortho intramolecular Hbond substituents is 1. The van der Waals surface area contributed by atoms with Crippen LogP contribution in [0.5, 0.6) is 11.5 Å². The molecule has 7 rings (SSSR count). The molecule has 4 heterocycles. The maximum atomic E-state index is 14.8. The number of carbonyl (C=O) groups is 1. The molecule has 16 nitrogen and oxygen atoms in total. The molecule has 0 unspecified atom stereocenters. The van der Waals surface area contributed by atoms with Gasteiger partial charge >= 0.3 is 5.79 Å². The summed E-state index contributed by atoms with van der Waals surface area (Å²) in [7, 11) is 1.45.